The predicted molar refractivity (Wildman–Crippen MR) is 57.8 cm³/mol. The van der Waals surface area contributed by atoms with Crippen LogP contribution in [-0.2, 0) is 11.2 Å². The molecule has 0 aliphatic rings. The van der Waals surface area contributed by atoms with Gasteiger partial charge in [0.2, 0.25) is 0 Å². The molecule has 1 unspecified atom stereocenters. The van der Waals surface area contributed by atoms with Crippen molar-refractivity contribution in [3.8, 4) is 5.75 Å². The fraction of sp³-hybridized carbons (Fsp3) is 0.500. The standard InChI is InChI=1S/C12H18O2/c1-4-11-6-5-7-12(8-11)14-10(2)9-13-3/h5-8,10H,4,9H2,1-3H3. The average molecular weight is 194 g/mol. The molecule has 0 aromatic heterocycles. The minimum atomic E-state index is 0.104. The molecule has 1 aromatic rings. The van der Waals surface area contributed by atoms with E-state index in [-0.39, 0.29) is 6.10 Å². The smallest absolute Gasteiger partial charge is 0.120 e. The third kappa shape index (κ3) is 3.38. The Hall–Kier alpha value is -1.02. The van der Waals surface area contributed by atoms with Crippen molar-refractivity contribution in [2.45, 2.75) is 26.4 Å². The monoisotopic (exact) mass is 194 g/mol. The molecule has 0 heterocycles. The van der Waals surface area contributed by atoms with Crippen molar-refractivity contribution in [1.29, 1.82) is 0 Å². The highest BCUT2D eigenvalue weighted by Gasteiger charge is 2.02. The van der Waals surface area contributed by atoms with Gasteiger partial charge in [0.05, 0.1) is 6.61 Å². The first kappa shape index (κ1) is 11.1. The molecule has 1 atom stereocenters. The maximum atomic E-state index is 5.67. The van der Waals surface area contributed by atoms with Crippen molar-refractivity contribution in [1.82, 2.24) is 0 Å². The predicted octanol–water partition coefficient (Wildman–Crippen LogP) is 2.66. The minimum Gasteiger partial charge on any atom is -0.488 e. The molecule has 0 bridgehead atoms. The van der Waals surface area contributed by atoms with Crippen LogP contribution in [0.2, 0.25) is 0 Å². The third-order valence-electron chi connectivity index (χ3n) is 2.05. The van der Waals surface area contributed by atoms with Gasteiger partial charge < -0.3 is 9.47 Å². The highest BCUT2D eigenvalue weighted by atomic mass is 16.5. The first-order chi connectivity index (χ1) is 6.76. The van der Waals surface area contributed by atoms with E-state index in [9.17, 15) is 0 Å². The molecule has 0 amide bonds. The van der Waals surface area contributed by atoms with Gasteiger partial charge in [-0.15, -0.1) is 0 Å². The molecule has 0 fully saturated rings. The van der Waals surface area contributed by atoms with E-state index in [0.717, 1.165) is 12.2 Å². The molecular formula is C12H18O2. The maximum absolute atomic E-state index is 5.67. The van der Waals surface area contributed by atoms with Crippen LogP contribution >= 0.6 is 0 Å². The van der Waals surface area contributed by atoms with E-state index in [1.807, 2.05) is 19.1 Å². The van der Waals surface area contributed by atoms with Gasteiger partial charge in [-0.3, -0.25) is 0 Å². The van der Waals surface area contributed by atoms with Gasteiger partial charge in [-0.25, -0.2) is 0 Å². The molecule has 78 valence electrons. The summed E-state index contributed by atoms with van der Waals surface area (Å²) >= 11 is 0. The van der Waals surface area contributed by atoms with Crippen molar-refractivity contribution < 1.29 is 9.47 Å². The number of hydrogen-bond acceptors (Lipinski definition) is 2. The highest BCUT2D eigenvalue weighted by Crippen LogP contribution is 2.15. The van der Waals surface area contributed by atoms with Crippen LogP contribution in [0.1, 0.15) is 19.4 Å². The number of rotatable bonds is 5. The van der Waals surface area contributed by atoms with Crippen LogP contribution < -0.4 is 4.74 Å². The molecule has 0 saturated heterocycles. The van der Waals surface area contributed by atoms with E-state index < -0.39 is 0 Å². The van der Waals surface area contributed by atoms with Gasteiger partial charge in [-0.05, 0) is 31.0 Å². The molecule has 0 aliphatic heterocycles. The van der Waals surface area contributed by atoms with E-state index in [2.05, 4.69) is 19.1 Å². The minimum absolute atomic E-state index is 0.104. The maximum Gasteiger partial charge on any atom is 0.120 e. The molecule has 0 N–H and O–H groups in total. The molecule has 2 nitrogen and oxygen atoms in total. The van der Waals surface area contributed by atoms with E-state index in [4.69, 9.17) is 9.47 Å². The number of ether oxygens (including phenoxy) is 2. The van der Waals surface area contributed by atoms with Gasteiger partial charge in [-0.1, -0.05) is 19.1 Å². The van der Waals surface area contributed by atoms with Crippen molar-refractivity contribution in [3.05, 3.63) is 29.8 Å². The second-order valence-electron chi connectivity index (χ2n) is 3.38. The van der Waals surface area contributed by atoms with Crippen LogP contribution in [0, 0.1) is 0 Å². The second kappa shape index (κ2) is 5.66. The Kier molecular flexibility index (Phi) is 4.47. The van der Waals surface area contributed by atoms with Gasteiger partial charge in [0.15, 0.2) is 0 Å². The van der Waals surface area contributed by atoms with E-state index in [1.165, 1.54) is 5.56 Å². The van der Waals surface area contributed by atoms with Crippen LogP contribution in [0.4, 0.5) is 0 Å². The van der Waals surface area contributed by atoms with Crippen LogP contribution in [0.25, 0.3) is 0 Å². The van der Waals surface area contributed by atoms with E-state index in [0.29, 0.717) is 6.61 Å². The van der Waals surface area contributed by atoms with Crippen LogP contribution in [0.3, 0.4) is 0 Å². The van der Waals surface area contributed by atoms with Crippen LogP contribution in [0.15, 0.2) is 24.3 Å². The topological polar surface area (TPSA) is 18.5 Å². The Balaban J connectivity index is 2.57. The molecule has 2 heteroatoms. The quantitative estimate of drug-likeness (QED) is 0.717. The summed E-state index contributed by atoms with van der Waals surface area (Å²) in [5, 5.41) is 0. The van der Waals surface area contributed by atoms with Crippen molar-refractivity contribution in [2.75, 3.05) is 13.7 Å². The van der Waals surface area contributed by atoms with E-state index >= 15 is 0 Å². The lowest BCUT2D eigenvalue weighted by molar-refractivity contribution is 0.0920. The Bertz CT molecular complexity index is 271. The van der Waals surface area contributed by atoms with E-state index in [1.54, 1.807) is 7.11 Å². The fourth-order valence-electron chi connectivity index (χ4n) is 1.34. The summed E-state index contributed by atoms with van der Waals surface area (Å²) in [5.41, 5.74) is 1.30. The number of benzene rings is 1. The Morgan fingerprint density at radius 3 is 2.79 bits per heavy atom. The number of hydrogen-bond donors (Lipinski definition) is 0. The second-order valence-corrected chi connectivity index (χ2v) is 3.38. The lowest BCUT2D eigenvalue weighted by atomic mass is 10.2. The summed E-state index contributed by atoms with van der Waals surface area (Å²) in [6, 6.07) is 8.18. The summed E-state index contributed by atoms with van der Waals surface area (Å²) in [6.07, 6.45) is 1.14. The molecule has 0 aliphatic carbocycles. The number of methoxy groups -OCH3 is 1. The molecule has 0 saturated carbocycles. The Morgan fingerprint density at radius 1 is 1.36 bits per heavy atom. The molecular weight excluding hydrogens is 176 g/mol. The summed E-state index contributed by atoms with van der Waals surface area (Å²) in [7, 11) is 1.68. The van der Waals surface area contributed by atoms with Crippen molar-refractivity contribution in [3.63, 3.8) is 0 Å². The SMILES string of the molecule is CCc1cccc(OC(C)COC)c1. The van der Waals surface area contributed by atoms with Gasteiger partial charge in [0, 0.05) is 7.11 Å². The summed E-state index contributed by atoms with van der Waals surface area (Å²) in [4.78, 5) is 0. The summed E-state index contributed by atoms with van der Waals surface area (Å²) < 4.78 is 10.7. The van der Waals surface area contributed by atoms with Crippen LogP contribution in [-0.4, -0.2) is 19.8 Å². The first-order valence-electron chi connectivity index (χ1n) is 5.00. The van der Waals surface area contributed by atoms with Crippen molar-refractivity contribution >= 4 is 0 Å². The zero-order valence-electron chi connectivity index (χ0n) is 9.12. The Labute approximate surface area is 85.8 Å². The van der Waals surface area contributed by atoms with Gasteiger partial charge >= 0.3 is 0 Å². The third-order valence-corrected chi connectivity index (χ3v) is 2.05. The van der Waals surface area contributed by atoms with Gasteiger partial charge in [-0.2, -0.15) is 0 Å². The molecule has 1 rings (SSSR count). The lowest BCUT2D eigenvalue weighted by Gasteiger charge is -2.14. The van der Waals surface area contributed by atoms with Crippen molar-refractivity contribution in [2.24, 2.45) is 0 Å². The molecule has 1 aromatic carbocycles. The summed E-state index contributed by atoms with van der Waals surface area (Å²) in [5.74, 6) is 0.925. The largest absolute Gasteiger partial charge is 0.488 e. The van der Waals surface area contributed by atoms with Gasteiger partial charge in [0.1, 0.15) is 11.9 Å². The first-order valence-corrected chi connectivity index (χ1v) is 5.00. The molecule has 0 spiro atoms. The van der Waals surface area contributed by atoms with Gasteiger partial charge in [0.25, 0.3) is 0 Å². The molecule has 0 radical (unpaired) electrons. The average Bonchev–Trinajstić information content (AvgIpc) is 2.18. The normalized spacial score (nSPS) is 12.5. The fourth-order valence-corrected chi connectivity index (χ4v) is 1.34. The molecule has 14 heavy (non-hydrogen) atoms. The highest BCUT2D eigenvalue weighted by molar-refractivity contribution is 5.28. The zero-order valence-corrected chi connectivity index (χ0v) is 9.12. The lowest BCUT2D eigenvalue weighted by Crippen LogP contribution is -2.17. The summed E-state index contributed by atoms with van der Waals surface area (Å²) in [6.45, 7) is 4.76. The van der Waals surface area contributed by atoms with Crippen LogP contribution in [0.5, 0.6) is 5.75 Å². The Morgan fingerprint density at radius 2 is 2.14 bits per heavy atom. The zero-order chi connectivity index (χ0) is 10.4. The number of aryl methyl sites for hydroxylation is 1.